The summed E-state index contributed by atoms with van der Waals surface area (Å²) in [7, 11) is -3.90. The summed E-state index contributed by atoms with van der Waals surface area (Å²) in [6, 6.07) is 11.9. The van der Waals surface area contributed by atoms with Gasteiger partial charge >= 0.3 is 0 Å². The maximum Gasteiger partial charge on any atom is 0.264 e. The number of carbonyl (C=O) groups excluding carboxylic acids is 1. The van der Waals surface area contributed by atoms with E-state index in [1.54, 1.807) is 36.4 Å². The zero-order chi connectivity index (χ0) is 19.4. The highest BCUT2D eigenvalue weighted by atomic mass is 32.2. The second-order valence-electron chi connectivity index (χ2n) is 7.13. The summed E-state index contributed by atoms with van der Waals surface area (Å²) in [6.07, 6.45) is 4.18. The number of ether oxygens (including phenoxy) is 1. The maximum absolute atomic E-state index is 12.6. The van der Waals surface area contributed by atoms with Crippen LogP contribution in [0, 0.1) is 0 Å². The Morgan fingerprint density at radius 1 is 1.04 bits per heavy atom. The molecular formula is C21H25NO4S. The average Bonchev–Trinajstić information content (AvgIpc) is 2.66. The van der Waals surface area contributed by atoms with Crippen LogP contribution in [0.1, 0.15) is 53.7 Å². The summed E-state index contributed by atoms with van der Waals surface area (Å²) < 4.78 is 32.9. The van der Waals surface area contributed by atoms with Gasteiger partial charge in [-0.15, -0.1) is 0 Å². The number of sulfonamides is 1. The van der Waals surface area contributed by atoms with Gasteiger partial charge < -0.3 is 4.74 Å². The molecule has 6 heteroatoms. The minimum Gasteiger partial charge on any atom is -0.374 e. The minimum absolute atomic E-state index is 0.120. The highest BCUT2D eigenvalue weighted by Gasteiger charge is 2.21. The summed E-state index contributed by atoms with van der Waals surface area (Å²) in [5.41, 5.74) is 3.49. The molecule has 0 aliphatic heterocycles. The van der Waals surface area contributed by atoms with Gasteiger partial charge in [0.05, 0.1) is 17.6 Å². The fourth-order valence-electron chi connectivity index (χ4n) is 3.13. The first-order valence-electron chi connectivity index (χ1n) is 9.24. The Balaban J connectivity index is 1.71. The molecule has 3 rings (SSSR count). The van der Waals surface area contributed by atoms with E-state index in [-0.39, 0.29) is 11.0 Å². The third-order valence-corrected chi connectivity index (χ3v) is 5.99. The lowest BCUT2D eigenvalue weighted by Crippen LogP contribution is -2.30. The molecule has 0 heterocycles. The van der Waals surface area contributed by atoms with Crippen molar-refractivity contribution in [3.8, 4) is 0 Å². The lowest BCUT2D eigenvalue weighted by atomic mass is 9.92. The number of rotatable bonds is 6. The van der Waals surface area contributed by atoms with Gasteiger partial charge in [-0.3, -0.25) is 4.79 Å². The summed E-state index contributed by atoms with van der Waals surface area (Å²) in [5, 5.41) is 0. The Hall–Kier alpha value is -2.18. The van der Waals surface area contributed by atoms with Crippen LogP contribution < -0.4 is 4.72 Å². The average molecular weight is 388 g/mol. The molecule has 0 fully saturated rings. The number of aryl methyl sites for hydroxylation is 2. The van der Waals surface area contributed by atoms with Gasteiger partial charge in [0.2, 0.25) is 0 Å². The highest BCUT2D eigenvalue weighted by Crippen LogP contribution is 2.24. The zero-order valence-electron chi connectivity index (χ0n) is 15.7. The van der Waals surface area contributed by atoms with Crippen LogP contribution in [0.3, 0.4) is 0 Å². The Kier molecular flexibility index (Phi) is 5.97. The molecule has 1 aliphatic carbocycles. The Labute approximate surface area is 160 Å². The van der Waals surface area contributed by atoms with Crippen molar-refractivity contribution in [2.45, 2.75) is 57.1 Å². The van der Waals surface area contributed by atoms with Gasteiger partial charge in [-0.1, -0.05) is 18.2 Å². The summed E-state index contributed by atoms with van der Waals surface area (Å²) in [6.45, 7) is 4.35. The van der Waals surface area contributed by atoms with Crippen LogP contribution in [-0.2, 0) is 34.2 Å². The number of hydrogen-bond donors (Lipinski definition) is 1. The smallest absolute Gasteiger partial charge is 0.264 e. The molecule has 0 saturated carbocycles. The lowest BCUT2D eigenvalue weighted by molar-refractivity contribution is 0.0657. The number of carbonyl (C=O) groups is 1. The van der Waals surface area contributed by atoms with Crippen molar-refractivity contribution >= 4 is 15.9 Å². The van der Waals surface area contributed by atoms with E-state index in [9.17, 15) is 13.2 Å². The van der Waals surface area contributed by atoms with E-state index >= 15 is 0 Å². The van der Waals surface area contributed by atoms with Crippen molar-refractivity contribution in [2.75, 3.05) is 0 Å². The van der Waals surface area contributed by atoms with Crippen molar-refractivity contribution in [3.05, 3.63) is 64.7 Å². The monoisotopic (exact) mass is 387 g/mol. The van der Waals surface area contributed by atoms with E-state index in [1.165, 1.54) is 5.56 Å². The Morgan fingerprint density at radius 2 is 1.70 bits per heavy atom. The lowest BCUT2D eigenvalue weighted by Gasteiger charge is -2.16. The number of hydrogen-bond acceptors (Lipinski definition) is 4. The maximum atomic E-state index is 12.6. The number of benzene rings is 2. The van der Waals surface area contributed by atoms with Crippen molar-refractivity contribution in [2.24, 2.45) is 0 Å². The zero-order valence-corrected chi connectivity index (χ0v) is 16.5. The van der Waals surface area contributed by atoms with Crippen LogP contribution in [0.5, 0.6) is 0 Å². The van der Waals surface area contributed by atoms with Crippen LogP contribution in [0.4, 0.5) is 0 Å². The molecule has 0 aromatic heterocycles. The van der Waals surface area contributed by atoms with Gasteiger partial charge in [0, 0.05) is 5.56 Å². The molecule has 0 spiro atoms. The van der Waals surface area contributed by atoms with Crippen molar-refractivity contribution in [1.29, 1.82) is 0 Å². The van der Waals surface area contributed by atoms with Crippen LogP contribution in [0.25, 0.3) is 0 Å². The molecule has 0 bridgehead atoms. The first kappa shape index (κ1) is 19.6. The molecule has 1 amide bonds. The van der Waals surface area contributed by atoms with Gasteiger partial charge in [0.15, 0.2) is 0 Å². The molecular weight excluding hydrogens is 362 g/mol. The van der Waals surface area contributed by atoms with E-state index in [0.717, 1.165) is 36.8 Å². The molecule has 0 unspecified atom stereocenters. The molecule has 2 aromatic rings. The minimum atomic E-state index is -3.90. The predicted octanol–water partition coefficient (Wildman–Crippen LogP) is 3.61. The first-order valence-corrected chi connectivity index (χ1v) is 10.7. The second-order valence-corrected chi connectivity index (χ2v) is 8.81. The van der Waals surface area contributed by atoms with Crippen LogP contribution in [-0.4, -0.2) is 20.4 Å². The summed E-state index contributed by atoms with van der Waals surface area (Å²) in [4.78, 5) is 12.5. The Bertz CT molecular complexity index is 918. The SMILES string of the molecule is CC(C)OCc1ccc(C(=O)NS(=O)(=O)c2ccc3c(c2)CCCC3)cc1. The topological polar surface area (TPSA) is 72.5 Å². The predicted molar refractivity (Wildman–Crippen MR) is 104 cm³/mol. The van der Waals surface area contributed by atoms with E-state index in [0.29, 0.717) is 12.2 Å². The molecule has 0 radical (unpaired) electrons. The molecule has 144 valence electrons. The van der Waals surface area contributed by atoms with E-state index in [2.05, 4.69) is 4.72 Å². The second kappa shape index (κ2) is 8.23. The highest BCUT2D eigenvalue weighted by molar-refractivity contribution is 7.90. The molecule has 1 N–H and O–H groups in total. The van der Waals surface area contributed by atoms with Crippen molar-refractivity contribution in [3.63, 3.8) is 0 Å². The van der Waals surface area contributed by atoms with Gasteiger partial charge in [-0.2, -0.15) is 0 Å². The molecule has 27 heavy (non-hydrogen) atoms. The summed E-state index contributed by atoms with van der Waals surface area (Å²) >= 11 is 0. The van der Waals surface area contributed by atoms with Gasteiger partial charge in [0.25, 0.3) is 15.9 Å². The van der Waals surface area contributed by atoms with Crippen molar-refractivity contribution in [1.82, 2.24) is 4.72 Å². The van der Waals surface area contributed by atoms with Crippen LogP contribution in [0.15, 0.2) is 47.4 Å². The van der Waals surface area contributed by atoms with E-state index in [1.807, 2.05) is 19.9 Å². The number of fused-ring (bicyclic) bond motifs is 1. The Morgan fingerprint density at radius 3 is 2.37 bits per heavy atom. The fourth-order valence-corrected chi connectivity index (χ4v) is 4.16. The van der Waals surface area contributed by atoms with Gasteiger partial charge in [-0.25, -0.2) is 13.1 Å². The largest absolute Gasteiger partial charge is 0.374 e. The van der Waals surface area contributed by atoms with Crippen LogP contribution >= 0.6 is 0 Å². The third-order valence-electron chi connectivity index (χ3n) is 4.66. The van der Waals surface area contributed by atoms with Crippen molar-refractivity contribution < 1.29 is 17.9 Å². The summed E-state index contributed by atoms with van der Waals surface area (Å²) in [5.74, 6) is -0.635. The third kappa shape index (κ3) is 4.96. The van der Waals surface area contributed by atoms with Gasteiger partial charge in [-0.05, 0) is 80.5 Å². The quantitative estimate of drug-likeness (QED) is 0.822. The van der Waals surface area contributed by atoms with Crippen LogP contribution in [0.2, 0.25) is 0 Å². The molecule has 1 aliphatic rings. The van der Waals surface area contributed by atoms with E-state index in [4.69, 9.17) is 4.74 Å². The molecule has 5 nitrogen and oxygen atoms in total. The number of nitrogens with one attached hydrogen (secondary N) is 1. The van der Waals surface area contributed by atoms with E-state index < -0.39 is 15.9 Å². The fraction of sp³-hybridized carbons (Fsp3) is 0.381. The van der Waals surface area contributed by atoms with Gasteiger partial charge in [0.1, 0.15) is 0 Å². The molecule has 2 aromatic carbocycles. The standard InChI is InChI=1S/C21H25NO4S/c1-15(2)26-14-16-7-9-18(10-8-16)21(23)22-27(24,25)20-12-11-17-5-3-4-6-19(17)13-20/h7-13,15H,3-6,14H2,1-2H3,(H,22,23). The first-order chi connectivity index (χ1) is 12.8. The molecule has 0 saturated heterocycles. The number of amides is 1. The normalized spacial score (nSPS) is 14.0. The molecule has 0 atom stereocenters.